The van der Waals surface area contributed by atoms with E-state index >= 15 is 0 Å². The Kier molecular flexibility index (Phi) is 4.77. The van der Waals surface area contributed by atoms with Gasteiger partial charge in [-0.3, -0.25) is 10.1 Å². The monoisotopic (exact) mass is 282 g/mol. The Morgan fingerprint density at radius 3 is 2.79 bits per heavy atom. The summed E-state index contributed by atoms with van der Waals surface area (Å²) in [4.78, 5) is 10.4. The molecule has 19 heavy (non-hydrogen) atoms. The predicted octanol–water partition coefficient (Wildman–Crippen LogP) is 3.92. The van der Waals surface area contributed by atoms with Gasteiger partial charge in [-0.1, -0.05) is 30.5 Å². The summed E-state index contributed by atoms with van der Waals surface area (Å²) in [5, 5.41) is 14.5. The van der Waals surface area contributed by atoms with Gasteiger partial charge < -0.3 is 5.32 Å². The fourth-order valence-electron chi connectivity index (χ4n) is 2.71. The Morgan fingerprint density at radius 2 is 2.16 bits per heavy atom. The van der Waals surface area contributed by atoms with Gasteiger partial charge in [0, 0.05) is 18.7 Å². The molecular weight excluding hydrogens is 264 g/mol. The van der Waals surface area contributed by atoms with E-state index in [0.717, 1.165) is 11.5 Å². The van der Waals surface area contributed by atoms with Gasteiger partial charge in [0.25, 0.3) is 5.69 Å². The molecule has 1 aromatic carbocycles. The Morgan fingerprint density at radius 1 is 1.47 bits per heavy atom. The highest BCUT2D eigenvalue weighted by molar-refractivity contribution is 6.32. The molecule has 1 saturated carbocycles. The first-order chi connectivity index (χ1) is 9.08. The second-order valence-electron chi connectivity index (χ2n) is 5.26. The van der Waals surface area contributed by atoms with Gasteiger partial charge in [0.15, 0.2) is 0 Å². The van der Waals surface area contributed by atoms with Crippen molar-refractivity contribution in [3.8, 4) is 0 Å². The molecule has 0 heterocycles. The summed E-state index contributed by atoms with van der Waals surface area (Å²) in [6, 6.07) is 5.44. The molecule has 0 aliphatic heterocycles. The molecular formula is C14H19ClN2O2. The number of halogens is 1. The third kappa shape index (κ3) is 3.67. The molecule has 0 amide bonds. The summed E-state index contributed by atoms with van der Waals surface area (Å²) in [5.41, 5.74) is 0.885. The van der Waals surface area contributed by atoms with E-state index in [4.69, 9.17) is 11.6 Å². The Bertz CT molecular complexity index is 459. The lowest BCUT2D eigenvalue weighted by Crippen LogP contribution is -2.31. The lowest BCUT2D eigenvalue weighted by molar-refractivity contribution is -0.384. The summed E-state index contributed by atoms with van der Waals surface area (Å²) < 4.78 is 0. The van der Waals surface area contributed by atoms with E-state index < -0.39 is 4.92 Å². The molecule has 0 spiro atoms. The van der Waals surface area contributed by atoms with Crippen LogP contribution in [0.2, 0.25) is 5.02 Å². The van der Waals surface area contributed by atoms with E-state index in [1.807, 2.05) is 6.07 Å². The van der Waals surface area contributed by atoms with Gasteiger partial charge in [-0.25, -0.2) is 0 Å². The van der Waals surface area contributed by atoms with Crippen molar-refractivity contribution in [1.82, 2.24) is 5.32 Å². The summed E-state index contributed by atoms with van der Waals surface area (Å²) >= 11 is 5.80. The van der Waals surface area contributed by atoms with Crippen LogP contribution in [-0.2, 0) is 6.54 Å². The number of nitrogens with zero attached hydrogens (tertiary/aromatic N) is 1. The van der Waals surface area contributed by atoms with Crippen LogP contribution in [0, 0.1) is 16.0 Å². The van der Waals surface area contributed by atoms with Crippen molar-refractivity contribution < 1.29 is 4.92 Å². The van der Waals surface area contributed by atoms with E-state index in [1.165, 1.54) is 25.7 Å². The Balaban J connectivity index is 1.95. The first-order valence-corrected chi connectivity index (χ1v) is 7.12. The first kappa shape index (κ1) is 14.3. The van der Waals surface area contributed by atoms with Crippen LogP contribution in [0.25, 0.3) is 0 Å². The summed E-state index contributed by atoms with van der Waals surface area (Å²) in [5.74, 6) is 0.738. The molecule has 1 N–H and O–H groups in total. The van der Waals surface area contributed by atoms with E-state index in [2.05, 4.69) is 12.2 Å². The topological polar surface area (TPSA) is 55.2 Å². The molecule has 0 radical (unpaired) electrons. The minimum atomic E-state index is -0.438. The van der Waals surface area contributed by atoms with Crippen LogP contribution in [0.5, 0.6) is 0 Å². The summed E-state index contributed by atoms with van der Waals surface area (Å²) in [6.45, 7) is 2.84. The lowest BCUT2D eigenvalue weighted by atomic mass is 9.99. The zero-order valence-electron chi connectivity index (χ0n) is 11.1. The van der Waals surface area contributed by atoms with Crippen molar-refractivity contribution in [2.45, 2.75) is 45.2 Å². The van der Waals surface area contributed by atoms with E-state index in [9.17, 15) is 10.1 Å². The smallest absolute Gasteiger partial charge is 0.288 e. The Hall–Kier alpha value is -1.13. The maximum absolute atomic E-state index is 10.8. The van der Waals surface area contributed by atoms with Crippen molar-refractivity contribution in [3.63, 3.8) is 0 Å². The van der Waals surface area contributed by atoms with E-state index in [0.29, 0.717) is 12.6 Å². The van der Waals surface area contributed by atoms with Gasteiger partial charge in [0.2, 0.25) is 0 Å². The SMILES string of the molecule is CC(NCc1ccc(Cl)c([N+](=O)[O-])c1)C1CCCC1. The molecule has 0 aromatic heterocycles. The van der Waals surface area contributed by atoms with Crippen LogP contribution in [-0.4, -0.2) is 11.0 Å². The quantitative estimate of drug-likeness (QED) is 0.658. The molecule has 104 valence electrons. The lowest BCUT2D eigenvalue weighted by Gasteiger charge is -2.20. The maximum Gasteiger partial charge on any atom is 0.288 e. The molecule has 0 saturated heterocycles. The zero-order chi connectivity index (χ0) is 13.8. The van der Waals surface area contributed by atoms with Gasteiger partial charge in [-0.05, 0) is 37.3 Å². The van der Waals surface area contributed by atoms with Crippen LogP contribution in [0.15, 0.2) is 18.2 Å². The standard InChI is InChI=1S/C14H19ClN2O2/c1-10(12-4-2-3-5-12)16-9-11-6-7-13(15)14(8-11)17(18)19/h6-8,10,12,16H,2-5,9H2,1H3. The second kappa shape index (κ2) is 6.35. The fourth-order valence-corrected chi connectivity index (χ4v) is 2.90. The third-order valence-electron chi connectivity index (χ3n) is 3.94. The van der Waals surface area contributed by atoms with Crippen molar-refractivity contribution in [3.05, 3.63) is 38.9 Å². The highest BCUT2D eigenvalue weighted by atomic mass is 35.5. The highest BCUT2D eigenvalue weighted by Gasteiger charge is 2.21. The molecule has 2 rings (SSSR count). The van der Waals surface area contributed by atoms with Crippen molar-refractivity contribution >= 4 is 17.3 Å². The van der Waals surface area contributed by atoms with Gasteiger partial charge in [0.05, 0.1) is 4.92 Å². The third-order valence-corrected chi connectivity index (χ3v) is 4.26. The molecule has 1 atom stereocenters. The molecule has 4 nitrogen and oxygen atoms in total. The van der Waals surface area contributed by atoms with Gasteiger partial charge >= 0.3 is 0 Å². The fraction of sp³-hybridized carbons (Fsp3) is 0.571. The first-order valence-electron chi connectivity index (χ1n) is 6.74. The number of nitrogens with one attached hydrogen (secondary N) is 1. The van der Waals surface area contributed by atoms with Crippen molar-refractivity contribution in [2.75, 3.05) is 0 Å². The average molecular weight is 283 g/mol. The maximum atomic E-state index is 10.8. The molecule has 1 unspecified atom stereocenters. The number of rotatable bonds is 5. The van der Waals surface area contributed by atoms with Crippen LogP contribution < -0.4 is 5.32 Å². The van der Waals surface area contributed by atoms with E-state index in [-0.39, 0.29) is 10.7 Å². The minimum absolute atomic E-state index is 0.0190. The number of nitro groups is 1. The summed E-state index contributed by atoms with van der Waals surface area (Å²) in [6.07, 6.45) is 5.22. The van der Waals surface area contributed by atoms with Crippen LogP contribution in [0.4, 0.5) is 5.69 Å². The number of nitro benzene ring substituents is 1. The van der Waals surface area contributed by atoms with Crippen LogP contribution >= 0.6 is 11.6 Å². The van der Waals surface area contributed by atoms with Gasteiger partial charge in [-0.15, -0.1) is 0 Å². The van der Waals surface area contributed by atoms with E-state index in [1.54, 1.807) is 12.1 Å². The molecule has 5 heteroatoms. The Labute approximate surface area is 118 Å². The second-order valence-corrected chi connectivity index (χ2v) is 5.66. The van der Waals surface area contributed by atoms with Crippen LogP contribution in [0.3, 0.4) is 0 Å². The molecule has 1 aromatic rings. The number of hydrogen-bond acceptors (Lipinski definition) is 3. The number of hydrogen-bond donors (Lipinski definition) is 1. The number of benzene rings is 1. The molecule has 0 bridgehead atoms. The summed E-state index contributed by atoms with van der Waals surface area (Å²) in [7, 11) is 0. The average Bonchev–Trinajstić information content (AvgIpc) is 2.91. The highest BCUT2D eigenvalue weighted by Crippen LogP contribution is 2.28. The predicted molar refractivity (Wildman–Crippen MR) is 76.4 cm³/mol. The minimum Gasteiger partial charge on any atom is -0.310 e. The van der Waals surface area contributed by atoms with Gasteiger partial charge in [-0.2, -0.15) is 0 Å². The molecule has 1 fully saturated rings. The zero-order valence-corrected chi connectivity index (χ0v) is 11.8. The molecule has 1 aliphatic rings. The van der Waals surface area contributed by atoms with Crippen LogP contribution in [0.1, 0.15) is 38.2 Å². The van der Waals surface area contributed by atoms with Crippen molar-refractivity contribution in [2.24, 2.45) is 5.92 Å². The van der Waals surface area contributed by atoms with Gasteiger partial charge in [0.1, 0.15) is 5.02 Å². The normalized spacial score (nSPS) is 17.6. The van der Waals surface area contributed by atoms with Crippen molar-refractivity contribution in [1.29, 1.82) is 0 Å². The largest absolute Gasteiger partial charge is 0.310 e. The molecule has 1 aliphatic carbocycles.